The Bertz CT molecular complexity index is 966. The van der Waals surface area contributed by atoms with Gasteiger partial charge in [-0.25, -0.2) is 24.1 Å². The minimum atomic E-state index is -0.580. The Morgan fingerprint density at radius 1 is 1.31 bits per heavy atom. The fourth-order valence-electron chi connectivity index (χ4n) is 2.24. The molecule has 9 nitrogen and oxygen atoms in total. The highest BCUT2D eigenvalue weighted by atomic mass is 19.1. The SMILES string of the molecule is CC(NC(=O)Nc1ccc(F)cc1C#N)c1ncnn1-c1ncccn1. The van der Waals surface area contributed by atoms with Gasteiger partial charge in [0, 0.05) is 12.4 Å². The molecule has 2 aromatic heterocycles. The molecule has 0 spiro atoms. The summed E-state index contributed by atoms with van der Waals surface area (Å²) in [5, 5.41) is 18.3. The number of anilines is 1. The number of halogens is 1. The molecule has 1 unspecified atom stereocenters. The molecule has 3 rings (SSSR count). The van der Waals surface area contributed by atoms with Gasteiger partial charge in [0.2, 0.25) is 0 Å². The van der Waals surface area contributed by atoms with Gasteiger partial charge < -0.3 is 10.6 Å². The van der Waals surface area contributed by atoms with Gasteiger partial charge in [-0.2, -0.15) is 15.0 Å². The van der Waals surface area contributed by atoms with Crippen molar-refractivity contribution in [1.29, 1.82) is 5.26 Å². The number of urea groups is 1. The summed E-state index contributed by atoms with van der Waals surface area (Å²) in [6.45, 7) is 1.71. The molecule has 0 aliphatic heterocycles. The highest BCUT2D eigenvalue weighted by Gasteiger charge is 2.18. The van der Waals surface area contributed by atoms with Crippen LogP contribution in [0.15, 0.2) is 43.0 Å². The lowest BCUT2D eigenvalue weighted by atomic mass is 10.2. The molecule has 10 heteroatoms. The van der Waals surface area contributed by atoms with Crippen LogP contribution in [0.3, 0.4) is 0 Å². The van der Waals surface area contributed by atoms with Gasteiger partial charge in [0.05, 0.1) is 17.3 Å². The number of hydrogen-bond donors (Lipinski definition) is 2. The average molecular weight is 352 g/mol. The smallest absolute Gasteiger partial charge is 0.319 e. The first-order valence-electron chi connectivity index (χ1n) is 7.53. The van der Waals surface area contributed by atoms with Crippen molar-refractivity contribution in [3.63, 3.8) is 0 Å². The third kappa shape index (κ3) is 3.62. The van der Waals surface area contributed by atoms with Gasteiger partial charge in [-0.1, -0.05) is 0 Å². The van der Waals surface area contributed by atoms with Gasteiger partial charge in [0.1, 0.15) is 18.2 Å². The molecule has 1 atom stereocenters. The molecule has 2 heterocycles. The lowest BCUT2D eigenvalue weighted by Gasteiger charge is -2.15. The minimum Gasteiger partial charge on any atom is -0.328 e. The Morgan fingerprint density at radius 2 is 2.08 bits per heavy atom. The summed E-state index contributed by atoms with van der Waals surface area (Å²) in [4.78, 5) is 24.5. The monoisotopic (exact) mass is 352 g/mol. The summed E-state index contributed by atoms with van der Waals surface area (Å²) in [5.74, 6) is 0.183. The van der Waals surface area contributed by atoms with Crippen LogP contribution in [-0.4, -0.2) is 30.8 Å². The molecule has 0 aliphatic carbocycles. The number of hydrogen-bond acceptors (Lipinski definition) is 6. The summed E-state index contributed by atoms with van der Waals surface area (Å²) >= 11 is 0. The van der Waals surface area contributed by atoms with E-state index >= 15 is 0 Å². The Balaban J connectivity index is 1.73. The molecule has 3 aromatic rings. The largest absolute Gasteiger partial charge is 0.328 e. The van der Waals surface area contributed by atoms with E-state index in [-0.39, 0.29) is 11.3 Å². The van der Waals surface area contributed by atoms with Crippen LogP contribution < -0.4 is 10.6 Å². The van der Waals surface area contributed by atoms with Crippen LogP contribution >= 0.6 is 0 Å². The van der Waals surface area contributed by atoms with E-state index in [2.05, 4.69) is 30.7 Å². The predicted molar refractivity (Wildman–Crippen MR) is 88.6 cm³/mol. The van der Waals surface area contributed by atoms with E-state index in [9.17, 15) is 9.18 Å². The molecule has 1 aromatic carbocycles. The molecule has 0 aliphatic rings. The number of amides is 2. The lowest BCUT2D eigenvalue weighted by molar-refractivity contribution is 0.248. The first-order valence-corrected chi connectivity index (χ1v) is 7.53. The second-order valence-electron chi connectivity index (χ2n) is 5.20. The van der Waals surface area contributed by atoms with Crippen molar-refractivity contribution >= 4 is 11.7 Å². The Kier molecular flexibility index (Phi) is 4.80. The molecule has 0 saturated carbocycles. The molecule has 0 saturated heterocycles. The molecule has 0 fully saturated rings. The number of rotatable bonds is 4. The van der Waals surface area contributed by atoms with Crippen molar-refractivity contribution in [3.05, 3.63) is 60.2 Å². The maximum absolute atomic E-state index is 13.2. The highest BCUT2D eigenvalue weighted by molar-refractivity contribution is 5.90. The van der Waals surface area contributed by atoms with Crippen LogP contribution in [0.2, 0.25) is 0 Å². The van der Waals surface area contributed by atoms with Crippen molar-refractivity contribution in [2.45, 2.75) is 13.0 Å². The average Bonchev–Trinajstić information content (AvgIpc) is 3.14. The van der Waals surface area contributed by atoms with Crippen molar-refractivity contribution in [2.75, 3.05) is 5.32 Å². The second kappa shape index (κ2) is 7.35. The fourth-order valence-corrected chi connectivity index (χ4v) is 2.24. The van der Waals surface area contributed by atoms with Crippen molar-refractivity contribution in [1.82, 2.24) is 30.0 Å². The number of aromatic nitrogens is 5. The van der Waals surface area contributed by atoms with Crippen LogP contribution in [0.4, 0.5) is 14.9 Å². The van der Waals surface area contributed by atoms with Crippen LogP contribution in [0.25, 0.3) is 5.95 Å². The maximum Gasteiger partial charge on any atom is 0.319 e. The first-order chi connectivity index (χ1) is 12.6. The van der Waals surface area contributed by atoms with Gasteiger partial charge in [0.15, 0.2) is 5.82 Å². The topological polar surface area (TPSA) is 121 Å². The van der Waals surface area contributed by atoms with Crippen LogP contribution in [0, 0.1) is 17.1 Å². The first kappa shape index (κ1) is 17.0. The molecule has 2 amide bonds. The van der Waals surface area contributed by atoms with Gasteiger partial charge in [0.25, 0.3) is 5.95 Å². The number of benzene rings is 1. The second-order valence-corrected chi connectivity index (χ2v) is 5.20. The number of carbonyl (C=O) groups excluding carboxylic acids is 1. The van der Waals surface area contributed by atoms with Crippen molar-refractivity contribution in [3.8, 4) is 12.0 Å². The summed E-state index contributed by atoms with van der Waals surface area (Å²) in [7, 11) is 0. The summed E-state index contributed by atoms with van der Waals surface area (Å²) in [6.07, 6.45) is 4.46. The van der Waals surface area contributed by atoms with E-state index in [1.54, 1.807) is 25.4 Å². The predicted octanol–water partition coefficient (Wildman–Crippen LogP) is 1.95. The molecule has 130 valence electrons. The third-order valence-electron chi connectivity index (χ3n) is 3.40. The quantitative estimate of drug-likeness (QED) is 0.740. The molecule has 0 bridgehead atoms. The van der Waals surface area contributed by atoms with E-state index in [1.807, 2.05) is 6.07 Å². The Labute approximate surface area is 147 Å². The van der Waals surface area contributed by atoms with Gasteiger partial charge in [-0.3, -0.25) is 0 Å². The van der Waals surface area contributed by atoms with E-state index in [1.165, 1.54) is 17.1 Å². The number of nitrogens with one attached hydrogen (secondary N) is 2. The maximum atomic E-state index is 13.2. The summed E-state index contributed by atoms with van der Waals surface area (Å²) in [6, 6.07) is 5.90. The number of nitriles is 1. The fraction of sp³-hybridized carbons (Fsp3) is 0.125. The van der Waals surface area contributed by atoms with Crippen LogP contribution in [-0.2, 0) is 0 Å². The Hall–Kier alpha value is -3.87. The van der Waals surface area contributed by atoms with Gasteiger partial charge >= 0.3 is 6.03 Å². The molecule has 2 N–H and O–H groups in total. The molecule has 0 radical (unpaired) electrons. The van der Waals surface area contributed by atoms with Crippen molar-refractivity contribution < 1.29 is 9.18 Å². The molecule has 26 heavy (non-hydrogen) atoms. The van der Waals surface area contributed by atoms with Crippen LogP contribution in [0.5, 0.6) is 0 Å². The highest BCUT2D eigenvalue weighted by Crippen LogP contribution is 2.17. The molecular formula is C16H13FN8O. The summed E-state index contributed by atoms with van der Waals surface area (Å²) in [5.41, 5.74) is 0.222. The zero-order valence-electron chi connectivity index (χ0n) is 13.6. The zero-order chi connectivity index (χ0) is 18.5. The van der Waals surface area contributed by atoms with E-state index in [4.69, 9.17) is 5.26 Å². The lowest BCUT2D eigenvalue weighted by Crippen LogP contribution is -2.33. The Morgan fingerprint density at radius 3 is 2.81 bits per heavy atom. The van der Waals surface area contributed by atoms with Crippen molar-refractivity contribution in [2.24, 2.45) is 0 Å². The molecular weight excluding hydrogens is 339 g/mol. The minimum absolute atomic E-state index is 0.0219. The van der Waals surface area contributed by atoms with E-state index < -0.39 is 17.9 Å². The van der Waals surface area contributed by atoms with Gasteiger partial charge in [-0.05, 0) is 31.2 Å². The number of nitrogens with zero attached hydrogens (tertiary/aromatic N) is 6. The third-order valence-corrected chi connectivity index (χ3v) is 3.40. The number of carbonyl (C=O) groups is 1. The normalized spacial score (nSPS) is 11.4. The van der Waals surface area contributed by atoms with E-state index in [0.717, 1.165) is 12.1 Å². The summed E-state index contributed by atoms with van der Waals surface area (Å²) < 4.78 is 14.6. The standard InChI is InChI=1S/C16H13FN8O/c1-10(14-21-9-22-25(14)15-19-5-2-6-20-15)23-16(26)24-13-4-3-12(17)7-11(13)8-18/h2-7,9-10H,1H3,(H2,23,24,26). The van der Waals surface area contributed by atoms with Gasteiger partial charge in [-0.15, -0.1) is 0 Å². The van der Waals surface area contributed by atoms with Crippen LogP contribution in [0.1, 0.15) is 24.4 Å². The van der Waals surface area contributed by atoms with E-state index in [0.29, 0.717) is 11.8 Å². The zero-order valence-corrected chi connectivity index (χ0v) is 13.6.